The number of aromatic nitrogens is 4. The van der Waals surface area contributed by atoms with Gasteiger partial charge in [0.05, 0.1) is 12.4 Å². The van der Waals surface area contributed by atoms with Gasteiger partial charge < -0.3 is 15.0 Å². The van der Waals surface area contributed by atoms with Crippen LogP contribution in [-0.2, 0) is 16.9 Å². The normalized spacial score (nSPS) is 11.3. The Hall–Kier alpha value is -2.06. The van der Waals surface area contributed by atoms with E-state index in [1.165, 1.54) is 16.4 Å². The van der Waals surface area contributed by atoms with E-state index in [0.29, 0.717) is 35.7 Å². The van der Waals surface area contributed by atoms with Crippen molar-refractivity contribution in [3.8, 4) is 0 Å². The lowest BCUT2D eigenvalue weighted by Crippen LogP contribution is -2.15. The Morgan fingerprint density at radius 2 is 2.19 bits per heavy atom. The van der Waals surface area contributed by atoms with Crippen molar-refractivity contribution < 1.29 is 9.15 Å². The number of hydrogen-bond acceptors (Lipinski definition) is 7. The molecule has 0 aliphatic carbocycles. The highest BCUT2D eigenvalue weighted by molar-refractivity contribution is 7.98. The average molecular weight is 305 g/mol. The summed E-state index contributed by atoms with van der Waals surface area (Å²) >= 11 is 1.44. The Labute approximate surface area is 125 Å². The van der Waals surface area contributed by atoms with Gasteiger partial charge in [0.15, 0.2) is 11.4 Å². The number of nitrogens with two attached hydrogens (primary N) is 1. The molecule has 0 atom stereocenters. The van der Waals surface area contributed by atoms with Gasteiger partial charge in [-0.25, -0.2) is 9.66 Å². The van der Waals surface area contributed by atoms with Crippen molar-refractivity contribution in [2.24, 2.45) is 0 Å². The van der Waals surface area contributed by atoms with Gasteiger partial charge in [0.2, 0.25) is 11.0 Å². The fourth-order valence-corrected chi connectivity index (χ4v) is 2.60. The van der Waals surface area contributed by atoms with Crippen molar-refractivity contribution in [1.82, 2.24) is 19.9 Å². The summed E-state index contributed by atoms with van der Waals surface area (Å²) in [6.07, 6.45) is 0.628. The van der Waals surface area contributed by atoms with Crippen LogP contribution in [0.15, 0.2) is 33.8 Å². The van der Waals surface area contributed by atoms with Crippen molar-refractivity contribution in [3.05, 3.63) is 36.0 Å². The number of oxazole rings is 1. The predicted octanol–water partition coefficient (Wildman–Crippen LogP) is 1.61. The molecular formula is C13H15N5O2S. The highest BCUT2D eigenvalue weighted by atomic mass is 32.2. The van der Waals surface area contributed by atoms with Gasteiger partial charge in [0, 0.05) is 13.5 Å². The lowest BCUT2D eigenvalue weighted by atomic mass is 10.3. The number of nitrogen functional groups attached to an aromatic ring is 1. The summed E-state index contributed by atoms with van der Waals surface area (Å²) in [5.74, 6) is 7.83. The maximum Gasteiger partial charge on any atom is 0.210 e. The first-order chi connectivity index (χ1) is 10.3. The zero-order valence-electron chi connectivity index (χ0n) is 11.5. The summed E-state index contributed by atoms with van der Waals surface area (Å²) in [5.41, 5.74) is 1.63. The third kappa shape index (κ3) is 3.01. The second-order valence-corrected chi connectivity index (χ2v) is 5.32. The van der Waals surface area contributed by atoms with E-state index in [1.54, 1.807) is 7.11 Å². The molecule has 3 rings (SSSR count). The van der Waals surface area contributed by atoms with Crippen molar-refractivity contribution in [1.29, 1.82) is 0 Å². The summed E-state index contributed by atoms with van der Waals surface area (Å²) in [4.78, 5) is 4.41. The van der Waals surface area contributed by atoms with Crippen LogP contribution in [0.25, 0.3) is 11.1 Å². The molecule has 0 spiro atoms. The molecule has 7 nitrogen and oxygen atoms in total. The van der Waals surface area contributed by atoms with Gasteiger partial charge in [-0.2, -0.15) is 0 Å². The number of hydrogen-bond donors (Lipinski definition) is 1. The second-order valence-electron chi connectivity index (χ2n) is 4.38. The lowest BCUT2D eigenvalue weighted by molar-refractivity contribution is 0.200. The molecule has 0 aliphatic heterocycles. The minimum absolute atomic E-state index is 0.550. The number of thioether (sulfide) groups is 1. The first-order valence-corrected chi connectivity index (χ1v) is 7.42. The van der Waals surface area contributed by atoms with Crippen LogP contribution in [0.4, 0.5) is 0 Å². The first kappa shape index (κ1) is 13.9. The van der Waals surface area contributed by atoms with Gasteiger partial charge in [-0.1, -0.05) is 23.9 Å². The Kier molecular flexibility index (Phi) is 4.07. The quantitative estimate of drug-likeness (QED) is 0.546. The Bertz CT molecular complexity index is 706. The van der Waals surface area contributed by atoms with Crippen LogP contribution in [0.2, 0.25) is 0 Å². The van der Waals surface area contributed by atoms with Crippen LogP contribution in [0.3, 0.4) is 0 Å². The van der Waals surface area contributed by atoms with Gasteiger partial charge in [-0.15, -0.1) is 10.2 Å². The molecule has 0 aliphatic rings. The molecule has 0 radical (unpaired) electrons. The van der Waals surface area contributed by atoms with Crippen LogP contribution in [0, 0.1) is 0 Å². The van der Waals surface area contributed by atoms with Gasteiger partial charge >= 0.3 is 0 Å². The van der Waals surface area contributed by atoms with Crippen molar-refractivity contribution in [2.75, 3.05) is 19.6 Å². The number of rotatable bonds is 6. The van der Waals surface area contributed by atoms with Crippen LogP contribution in [-0.4, -0.2) is 33.6 Å². The topological polar surface area (TPSA) is 92.0 Å². The lowest BCUT2D eigenvalue weighted by Gasteiger charge is -2.01. The summed E-state index contributed by atoms with van der Waals surface area (Å²) in [5, 5.41) is 8.74. The van der Waals surface area contributed by atoms with E-state index in [-0.39, 0.29) is 0 Å². The fraction of sp³-hybridized carbons (Fsp3) is 0.308. The largest absolute Gasteiger partial charge is 0.440 e. The van der Waals surface area contributed by atoms with E-state index < -0.39 is 0 Å². The summed E-state index contributed by atoms with van der Waals surface area (Å²) in [6.45, 7) is 0.561. The van der Waals surface area contributed by atoms with Crippen LogP contribution < -0.4 is 5.84 Å². The van der Waals surface area contributed by atoms with Crippen molar-refractivity contribution in [2.45, 2.75) is 17.3 Å². The maximum atomic E-state index is 5.95. The molecule has 1 aromatic carbocycles. The molecule has 0 amide bonds. The van der Waals surface area contributed by atoms with E-state index in [0.717, 1.165) is 11.1 Å². The van der Waals surface area contributed by atoms with Gasteiger partial charge in [0.25, 0.3) is 0 Å². The molecule has 8 heteroatoms. The molecule has 110 valence electrons. The summed E-state index contributed by atoms with van der Waals surface area (Å²) in [7, 11) is 1.64. The molecule has 0 fully saturated rings. The molecule has 2 heterocycles. The van der Waals surface area contributed by atoms with E-state index >= 15 is 0 Å². The molecule has 3 aromatic rings. The molecule has 0 unspecified atom stereocenters. The van der Waals surface area contributed by atoms with Crippen LogP contribution in [0.5, 0.6) is 0 Å². The van der Waals surface area contributed by atoms with Gasteiger partial charge in [-0.3, -0.25) is 0 Å². The fourth-order valence-electron chi connectivity index (χ4n) is 1.88. The summed E-state index contributed by atoms with van der Waals surface area (Å²) in [6, 6.07) is 7.66. The molecule has 2 N–H and O–H groups in total. The maximum absolute atomic E-state index is 5.95. The zero-order valence-corrected chi connectivity index (χ0v) is 12.3. The molecule has 21 heavy (non-hydrogen) atoms. The standard InChI is InChI=1S/C13H15N5O2S/c1-19-7-6-11-16-17-13(18(11)14)21-8-12-15-9-4-2-3-5-10(9)20-12/h2-5H,6-8,14H2,1H3. The number of ether oxygens (including phenoxy) is 1. The van der Waals surface area contributed by atoms with Crippen LogP contribution >= 0.6 is 11.8 Å². The van der Waals surface area contributed by atoms with Gasteiger partial charge in [0.1, 0.15) is 5.52 Å². The molecule has 0 bridgehead atoms. The Balaban J connectivity index is 1.68. The number of benzene rings is 1. The van der Waals surface area contributed by atoms with E-state index in [1.807, 2.05) is 24.3 Å². The Morgan fingerprint density at radius 3 is 3.00 bits per heavy atom. The minimum Gasteiger partial charge on any atom is -0.440 e. The van der Waals surface area contributed by atoms with E-state index in [9.17, 15) is 0 Å². The first-order valence-electron chi connectivity index (χ1n) is 6.43. The monoisotopic (exact) mass is 305 g/mol. The Morgan fingerprint density at radius 1 is 1.33 bits per heavy atom. The molecular weight excluding hydrogens is 290 g/mol. The predicted molar refractivity (Wildman–Crippen MR) is 79.3 cm³/mol. The van der Waals surface area contributed by atoms with Crippen molar-refractivity contribution >= 4 is 22.9 Å². The van der Waals surface area contributed by atoms with Crippen LogP contribution in [0.1, 0.15) is 11.7 Å². The highest BCUT2D eigenvalue weighted by Crippen LogP contribution is 2.23. The zero-order chi connectivity index (χ0) is 14.7. The highest BCUT2D eigenvalue weighted by Gasteiger charge is 2.12. The van der Waals surface area contributed by atoms with E-state index in [2.05, 4.69) is 15.2 Å². The third-order valence-corrected chi connectivity index (χ3v) is 3.86. The average Bonchev–Trinajstić information content (AvgIpc) is 3.06. The second kappa shape index (κ2) is 6.15. The number of methoxy groups -OCH3 is 1. The van der Waals surface area contributed by atoms with Gasteiger partial charge in [-0.05, 0) is 12.1 Å². The number of para-hydroxylation sites is 2. The molecule has 2 aromatic heterocycles. The van der Waals surface area contributed by atoms with E-state index in [4.69, 9.17) is 15.0 Å². The minimum atomic E-state index is 0.550. The number of fused-ring (bicyclic) bond motifs is 1. The SMILES string of the molecule is COCCc1nnc(SCc2nc3ccccc3o2)n1N. The summed E-state index contributed by atoms with van der Waals surface area (Å²) < 4.78 is 12.1. The molecule has 0 saturated carbocycles. The number of nitrogens with zero attached hydrogens (tertiary/aromatic N) is 4. The molecule has 0 saturated heterocycles. The third-order valence-electron chi connectivity index (χ3n) is 2.93. The smallest absolute Gasteiger partial charge is 0.210 e. The van der Waals surface area contributed by atoms with Crippen molar-refractivity contribution in [3.63, 3.8) is 0 Å².